The molecule has 2 rings (SSSR count). The molecule has 56 valence electrons. The van der Waals surface area contributed by atoms with Gasteiger partial charge in [-0.1, -0.05) is 30.4 Å². The van der Waals surface area contributed by atoms with Gasteiger partial charge in [-0.2, -0.15) is 0 Å². The van der Waals surface area contributed by atoms with Crippen LogP contribution in [0.5, 0.6) is 0 Å². The van der Waals surface area contributed by atoms with Gasteiger partial charge in [0, 0.05) is 11.6 Å². The van der Waals surface area contributed by atoms with Crippen LogP contribution in [-0.4, -0.2) is 11.8 Å². The van der Waals surface area contributed by atoms with Crippen LogP contribution in [0.2, 0.25) is 0 Å². The third-order valence-electron chi connectivity index (χ3n) is 2.06. The minimum atomic E-state index is 0.366. The molecule has 0 spiro atoms. The highest BCUT2D eigenvalue weighted by atomic mass is 14.8. The van der Waals surface area contributed by atoms with Gasteiger partial charge in [-0.25, -0.2) is 0 Å². The lowest BCUT2D eigenvalue weighted by atomic mass is 9.93. The van der Waals surface area contributed by atoms with Crippen molar-refractivity contribution in [2.75, 3.05) is 0 Å². The van der Waals surface area contributed by atoms with Gasteiger partial charge < -0.3 is 0 Å². The van der Waals surface area contributed by atoms with Crippen LogP contribution in [0.15, 0.2) is 41.4 Å². The molecule has 1 aliphatic heterocycles. The Morgan fingerprint density at radius 2 is 2.00 bits per heavy atom. The van der Waals surface area contributed by atoms with E-state index in [4.69, 9.17) is 0 Å². The third kappa shape index (κ3) is 1.18. The van der Waals surface area contributed by atoms with Crippen molar-refractivity contribution in [3.63, 3.8) is 0 Å². The monoisotopic (exact) mass is 145 g/mol. The summed E-state index contributed by atoms with van der Waals surface area (Å²) in [5.41, 5.74) is 1.13. The van der Waals surface area contributed by atoms with Gasteiger partial charge in [-0.15, -0.1) is 0 Å². The maximum atomic E-state index is 4.50. The van der Waals surface area contributed by atoms with Gasteiger partial charge in [-0.05, 0) is 13.0 Å². The van der Waals surface area contributed by atoms with E-state index in [1.807, 2.05) is 6.92 Å². The van der Waals surface area contributed by atoms with Gasteiger partial charge >= 0.3 is 0 Å². The predicted octanol–water partition coefficient (Wildman–Crippen LogP) is 2.13. The van der Waals surface area contributed by atoms with E-state index in [1.165, 1.54) is 0 Å². The summed E-state index contributed by atoms with van der Waals surface area (Å²) in [7, 11) is 0. The summed E-state index contributed by atoms with van der Waals surface area (Å²) < 4.78 is 0. The van der Waals surface area contributed by atoms with Gasteiger partial charge in [0.05, 0.1) is 6.04 Å². The van der Waals surface area contributed by atoms with Crippen LogP contribution in [0.25, 0.3) is 0 Å². The van der Waals surface area contributed by atoms with Gasteiger partial charge in [0.15, 0.2) is 0 Å². The fraction of sp³-hybridized carbons (Fsp3) is 0.300. The molecular weight excluding hydrogens is 134 g/mol. The molecule has 0 aromatic rings. The SMILES string of the molecule is CC1=N[C@H]2C=CC=CC2C=C1. The molecule has 2 aliphatic rings. The summed E-state index contributed by atoms with van der Waals surface area (Å²) in [5, 5.41) is 0. The Balaban J connectivity index is 2.29. The highest BCUT2D eigenvalue weighted by molar-refractivity contribution is 5.93. The van der Waals surface area contributed by atoms with E-state index < -0.39 is 0 Å². The maximum Gasteiger partial charge on any atom is 0.0783 e. The van der Waals surface area contributed by atoms with E-state index in [0.717, 1.165) is 5.71 Å². The molecule has 1 heteroatoms. The Bertz CT molecular complexity index is 269. The summed E-state index contributed by atoms with van der Waals surface area (Å²) in [6.45, 7) is 2.04. The fourth-order valence-electron chi connectivity index (χ4n) is 1.45. The molecule has 0 fully saturated rings. The molecule has 0 saturated carbocycles. The smallest absolute Gasteiger partial charge is 0.0783 e. The Morgan fingerprint density at radius 3 is 2.91 bits per heavy atom. The molecule has 1 nitrogen and oxygen atoms in total. The van der Waals surface area contributed by atoms with Crippen molar-refractivity contribution >= 4 is 5.71 Å². The number of hydrogen-bond acceptors (Lipinski definition) is 1. The van der Waals surface area contributed by atoms with Crippen LogP contribution in [0.4, 0.5) is 0 Å². The van der Waals surface area contributed by atoms with Gasteiger partial charge in [0.25, 0.3) is 0 Å². The largest absolute Gasteiger partial charge is 0.282 e. The molecule has 0 radical (unpaired) electrons. The summed E-state index contributed by atoms with van der Waals surface area (Å²) in [4.78, 5) is 4.50. The summed E-state index contributed by atoms with van der Waals surface area (Å²) in [6.07, 6.45) is 12.8. The Morgan fingerprint density at radius 1 is 1.18 bits per heavy atom. The van der Waals surface area contributed by atoms with Crippen molar-refractivity contribution in [3.05, 3.63) is 36.5 Å². The van der Waals surface area contributed by atoms with E-state index >= 15 is 0 Å². The fourth-order valence-corrected chi connectivity index (χ4v) is 1.45. The Hall–Kier alpha value is -1.11. The Kier molecular flexibility index (Phi) is 1.50. The molecule has 0 amide bonds. The second kappa shape index (κ2) is 2.50. The predicted molar refractivity (Wildman–Crippen MR) is 47.8 cm³/mol. The van der Waals surface area contributed by atoms with E-state index in [1.54, 1.807) is 0 Å². The second-order valence-electron chi connectivity index (χ2n) is 2.97. The zero-order valence-electron chi connectivity index (χ0n) is 6.57. The van der Waals surface area contributed by atoms with Crippen LogP contribution in [0.3, 0.4) is 0 Å². The lowest BCUT2D eigenvalue weighted by Gasteiger charge is -2.20. The molecule has 1 unspecified atom stereocenters. The topological polar surface area (TPSA) is 12.4 Å². The molecular formula is C10H11N. The number of hydrogen-bond donors (Lipinski definition) is 0. The first-order chi connectivity index (χ1) is 5.36. The highest BCUT2D eigenvalue weighted by Crippen LogP contribution is 2.20. The second-order valence-corrected chi connectivity index (χ2v) is 2.97. The molecule has 2 atom stereocenters. The summed E-state index contributed by atoms with van der Waals surface area (Å²) in [6, 6.07) is 0.366. The van der Waals surface area contributed by atoms with Crippen LogP contribution in [0, 0.1) is 5.92 Å². The van der Waals surface area contributed by atoms with Crippen molar-refractivity contribution in [2.45, 2.75) is 13.0 Å². The summed E-state index contributed by atoms with van der Waals surface area (Å²) >= 11 is 0. The number of allylic oxidation sites excluding steroid dienone is 3. The number of nitrogens with zero attached hydrogens (tertiary/aromatic N) is 1. The first-order valence-corrected chi connectivity index (χ1v) is 3.94. The minimum absolute atomic E-state index is 0.366. The van der Waals surface area contributed by atoms with Crippen molar-refractivity contribution in [2.24, 2.45) is 10.9 Å². The number of rotatable bonds is 0. The van der Waals surface area contributed by atoms with Gasteiger partial charge in [0.2, 0.25) is 0 Å². The Labute approximate surface area is 66.8 Å². The molecule has 11 heavy (non-hydrogen) atoms. The molecule has 1 heterocycles. The van der Waals surface area contributed by atoms with E-state index in [-0.39, 0.29) is 0 Å². The molecule has 1 aliphatic carbocycles. The summed E-state index contributed by atoms with van der Waals surface area (Å²) in [5.74, 6) is 0.503. The molecule has 0 aromatic carbocycles. The van der Waals surface area contributed by atoms with Crippen molar-refractivity contribution in [1.82, 2.24) is 0 Å². The van der Waals surface area contributed by atoms with Gasteiger partial charge in [-0.3, -0.25) is 4.99 Å². The van der Waals surface area contributed by atoms with Crippen molar-refractivity contribution in [3.8, 4) is 0 Å². The molecule has 0 aromatic heterocycles. The molecule has 0 N–H and O–H groups in total. The normalized spacial score (nSPS) is 33.4. The molecule has 0 saturated heterocycles. The number of dihydropyridines is 1. The highest BCUT2D eigenvalue weighted by Gasteiger charge is 2.17. The number of fused-ring (bicyclic) bond motifs is 1. The standard InChI is InChI=1S/C10H11N/c1-8-6-7-9-4-2-3-5-10(9)11-8/h2-7,9-10H,1H3/t9?,10-/m0/s1. The van der Waals surface area contributed by atoms with E-state index in [2.05, 4.69) is 41.4 Å². The first kappa shape index (κ1) is 6.59. The van der Waals surface area contributed by atoms with Crippen LogP contribution in [0.1, 0.15) is 6.92 Å². The zero-order valence-corrected chi connectivity index (χ0v) is 6.57. The van der Waals surface area contributed by atoms with E-state index in [0.29, 0.717) is 12.0 Å². The number of aliphatic imine (C=N–C) groups is 1. The van der Waals surface area contributed by atoms with Crippen molar-refractivity contribution in [1.29, 1.82) is 0 Å². The molecule has 0 bridgehead atoms. The van der Waals surface area contributed by atoms with Crippen LogP contribution < -0.4 is 0 Å². The van der Waals surface area contributed by atoms with Crippen LogP contribution >= 0.6 is 0 Å². The minimum Gasteiger partial charge on any atom is -0.282 e. The lowest BCUT2D eigenvalue weighted by Crippen LogP contribution is -2.18. The quantitative estimate of drug-likeness (QED) is 0.495. The first-order valence-electron chi connectivity index (χ1n) is 3.94. The average Bonchev–Trinajstić information content (AvgIpc) is 2.04. The lowest BCUT2D eigenvalue weighted by molar-refractivity contribution is 0.679. The third-order valence-corrected chi connectivity index (χ3v) is 2.06. The van der Waals surface area contributed by atoms with E-state index in [9.17, 15) is 0 Å². The van der Waals surface area contributed by atoms with Crippen molar-refractivity contribution < 1.29 is 0 Å². The average molecular weight is 145 g/mol. The van der Waals surface area contributed by atoms with Crippen LogP contribution in [-0.2, 0) is 0 Å². The zero-order chi connectivity index (χ0) is 7.68. The van der Waals surface area contributed by atoms with Gasteiger partial charge in [0.1, 0.15) is 0 Å². The maximum absolute atomic E-state index is 4.50.